The van der Waals surface area contributed by atoms with Gasteiger partial charge in [-0.25, -0.2) is 8.78 Å². The van der Waals surface area contributed by atoms with Gasteiger partial charge in [0.25, 0.3) is 6.43 Å². The summed E-state index contributed by atoms with van der Waals surface area (Å²) < 4.78 is 26.2. The van der Waals surface area contributed by atoms with Crippen LogP contribution >= 0.6 is 0 Å². The fourth-order valence-corrected chi connectivity index (χ4v) is 6.44. The predicted molar refractivity (Wildman–Crippen MR) is 150 cm³/mol. The van der Waals surface area contributed by atoms with E-state index in [2.05, 4.69) is 29.0 Å². The quantitative estimate of drug-likeness (QED) is 0.405. The maximum absolute atomic E-state index is 13.1. The van der Waals surface area contributed by atoms with E-state index in [1.807, 2.05) is 48.2 Å². The summed E-state index contributed by atoms with van der Waals surface area (Å²) in [6.45, 7) is 9.64. The van der Waals surface area contributed by atoms with Crippen LogP contribution in [0.2, 0.25) is 0 Å². The molecule has 2 fully saturated rings. The Labute approximate surface area is 234 Å². The Bertz CT molecular complexity index is 1330. The van der Waals surface area contributed by atoms with Gasteiger partial charge < -0.3 is 10.0 Å². The number of nitrogens with zero attached hydrogens (tertiary/aromatic N) is 4. The Morgan fingerprint density at radius 1 is 1.12 bits per heavy atom. The van der Waals surface area contributed by atoms with Gasteiger partial charge in [-0.2, -0.15) is 5.10 Å². The van der Waals surface area contributed by atoms with E-state index in [4.69, 9.17) is 0 Å². The molecule has 214 valence electrons. The first kappa shape index (κ1) is 28.4. The Kier molecular flexibility index (Phi) is 7.81. The SMILES string of the molecule is CC(=O)N1CCC(c2cc(-c3cncc([C@@](O)(c4ccc(C(C)C)cc4)C4(C)CN(CC(F)F)C4)c3)n[nH]2)CC1. The van der Waals surface area contributed by atoms with Crippen molar-refractivity contribution in [1.29, 1.82) is 0 Å². The molecular formula is C31H39F2N5O2. The number of aromatic nitrogens is 3. The van der Waals surface area contributed by atoms with Crippen LogP contribution in [0.4, 0.5) is 8.78 Å². The van der Waals surface area contributed by atoms with Gasteiger partial charge in [0, 0.05) is 73.7 Å². The molecule has 1 amide bonds. The molecule has 0 aliphatic carbocycles. The third-order valence-corrected chi connectivity index (χ3v) is 8.84. The number of rotatable bonds is 8. The molecular weight excluding hydrogens is 512 g/mol. The van der Waals surface area contributed by atoms with Crippen LogP contribution in [0.15, 0.2) is 48.8 Å². The molecule has 0 unspecified atom stereocenters. The number of nitrogens with one attached hydrogen (secondary N) is 1. The lowest BCUT2D eigenvalue weighted by Gasteiger charge is -2.56. The molecule has 3 aromatic rings. The highest BCUT2D eigenvalue weighted by molar-refractivity contribution is 5.73. The number of hydrogen-bond acceptors (Lipinski definition) is 5. The zero-order valence-electron chi connectivity index (χ0n) is 23.7. The molecule has 5 rings (SSSR count). The number of aromatic amines is 1. The lowest BCUT2D eigenvalue weighted by Crippen LogP contribution is -2.65. The molecule has 2 N–H and O–H groups in total. The van der Waals surface area contributed by atoms with E-state index in [-0.39, 0.29) is 12.5 Å². The van der Waals surface area contributed by atoms with Gasteiger partial charge in [0.15, 0.2) is 0 Å². The highest BCUT2D eigenvalue weighted by Gasteiger charge is 2.56. The first-order valence-electron chi connectivity index (χ1n) is 14.1. The third-order valence-electron chi connectivity index (χ3n) is 8.84. The van der Waals surface area contributed by atoms with Gasteiger partial charge in [-0.15, -0.1) is 0 Å². The number of carbonyl (C=O) groups excluding carboxylic acids is 1. The summed E-state index contributed by atoms with van der Waals surface area (Å²) in [4.78, 5) is 19.8. The molecule has 2 saturated heterocycles. The number of alkyl halides is 2. The molecule has 1 atom stereocenters. The molecule has 40 heavy (non-hydrogen) atoms. The zero-order chi connectivity index (χ0) is 28.7. The summed E-state index contributed by atoms with van der Waals surface area (Å²) in [5, 5.41) is 20.3. The van der Waals surface area contributed by atoms with E-state index in [9.17, 15) is 18.7 Å². The molecule has 0 spiro atoms. The second-order valence-corrected chi connectivity index (χ2v) is 12.1. The van der Waals surface area contributed by atoms with Crippen LogP contribution in [0.3, 0.4) is 0 Å². The van der Waals surface area contributed by atoms with Crippen LogP contribution in [0.25, 0.3) is 11.3 Å². The number of benzene rings is 1. The minimum absolute atomic E-state index is 0.107. The standard InChI is InChI=1S/C31H39F2N5O2/c1-20(2)22-5-7-25(8-6-22)31(40,30(4)18-37(19-30)17-29(32)33)26-13-24(15-34-16-26)28-14-27(35-36-28)23-9-11-38(12-10-23)21(3)39/h5-8,13-16,20,23,29,40H,9-12,17-19H2,1-4H3,(H,35,36)/t31-/m0/s1. The molecule has 0 bridgehead atoms. The molecule has 7 nitrogen and oxygen atoms in total. The van der Waals surface area contributed by atoms with Crippen molar-refractivity contribution in [2.24, 2.45) is 5.41 Å². The van der Waals surface area contributed by atoms with Crippen LogP contribution in [0, 0.1) is 5.41 Å². The lowest BCUT2D eigenvalue weighted by atomic mass is 9.62. The van der Waals surface area contributed by atoms with Crippen molar-refractivity contribution in [3.63, 3.8) is 0 Å². The van der Waals surface area contributed by atoms with Crippen molar-refractivity contribution >= 4 is 5.91 Å². The zero-order valence-corrected chi connectivity index (χ0v) is 23.7. The van der Waals surface area contributed by atoms with Gasteiger partial charge in [-0.05, 0) is 42.0 Å². The molecule has 2 aliphatic rings. The highest BCUT2D eigenvalue weighted by atomic mass is 19.3. The van der Waals surface area contributed by atoms with Crippen LogP contribution in [-0.4, -0.2) is 75.1 Å². The van der Waals surface area contributed by atoms with Crippen LogP contribution in [0.5, 0.6) is 0 Å². The Morgan fingerprint density at radius 3 is 2.40 bits per heavy atom. The Morgan fingerprint density at radius 2 is 1.80 bits per heavy atom. The molecule has 2 aliphatic heterocycles. The average molecular weight is 552 g/mol. The molecule has 2 aromatic heterocycles. The predicted octanol–water partition coefficient (Wildman–Crippen LogP) is 5.14. The molecule has 0 radical (unpaired) electrons. The number of H-pyrrole nitrogens is 1. The molecule has 0 saturated carbocycles. The average Bonchev–Trinajstić information content (AvgIpc) is 3.42. The van der Waals surface area contributed by atoms with E-state index in [1.54, 1.807) is 24.2 Å². The summed E-state index contributed by atoms with van der Waals surface area (Å²) in [6, 6.07) is 11.9. The van der Waals surface area contributed by atoms with Crippen LogP contribution in [-0.2, 0) is 10.4 Å². The summed E-state index contributed by atoms with van der Waals surface area (Å²) in [5.41, 5.74) is 2.88. The number of amides is 1. The van der Waals surface area contributed by atoms with Gasteiger partial charge in [-0.1, -0.05) is 45.0 Å². The minimum Gasteiger partial charge on any atom is -0.380 e. The number of likely N-dealkylation sites (tertiary alicyclic amines) is 2. The van der Waals surface area contributed by atoms with Crippen molar-refractivity contribution in [3.8, 4) is 11.3 Å². The van der Waals surface area contributed by atoms with E-state index in [1.165, 1.54) is 0 Å². The van der Waals surface area contributed by atoms with E-state index < -0.39 is 17.4 Å². The number of aliphatic hydroxyl groups is 1. The second kappa shape index (κ2) is 11.0. The van der Waals surface area contributed by atoms with Crippen molar-refractivity contribution in [3.05, 3.63) is 71.2 Å². The van der Waals surface area contributed by atoms with Gasteiger partial charge in [0.1, 0.15) is 5.60 Å². The lowest BCUT2D eigenvalue weighted by molar-refractivity contribution is -0.144. The maximum atomic E-state index is 13.1. The largest absolute Gasteiger partial charge is 0.380 e. The summed E-state index contributed by atoms with van der Waals surface area (Å²) in [5.74, 6) is 0.742. The normalized spacial score (nSPS) is 19.6. The minimum atomic E-state index is -2.42. The van der Waals surface area contributed by atoms with Crippen molar-refractivity contribution in [1.82, 2.24) is 25.0 Å². The fourth-order valence-electron chi connectivity index (χ4n) is 6.44. The van der Waals surface area contributed by atoms with Crippen molar-refractivity contribution in [2.75, 3.05) is 32.7 Å². The fraction of sp³-hybridized carbons (Fsp3) is 0.516. The number of piperidine rings is 1. The Hall–Kier alpha value is -3.17. The monoisotopic (exact) mass is 551 g/mol. The molecule has 4 heterocycles. The summed E-state index contributed by atoms with van der Waals surface area (Å²) in [6.07, 6.45) is 2.73. The Balaban J connectivity index is 1.46. The van der Waals surface area contributed by atoms with Crippen LogP contribution < -0.4 is 0 Å². The van der Waals surface area contributed by atoms with Gasteiger partial charge >= 0.3 is 0 Å². The van der Waals surface area contributed by atoms with Gasteiger partial charge in [-0.3, -0.25) is 19.8 Å². The van der Waals surface area contributed by atoms with Crippen molar-refractivity contribution < 1.29 is 18.7 Å². The molecule has 1 aromatic carbocycles. The highest BCUT2D eigenvalue weighted by Crippen LogP contribution is 2.51. The third kappa shape index (κ3) is 5.29. The van der Waals surface area contributed by atoms with Crippen LogP contribution in [0.1, 0.15) is 74.8 Å². The first-order valence-corrected chi connectivity index (χ1v) is 14.1. The first-order chi connectivity index (χ1) is 19.0. The number of halogens is 2. The van der Waals surface area contributed by atoms with Gasteiger partial charge in [0.2, 0.25) is 5.91 Å². The smallest absolute Gasteiger partial charge is 0.251 e. The number of hydrogen-bond donors (Lipinski definition) is 2. The number of pyridine rings is 1. The van der Waals surface area contributed by atoms with E-state index in [0.29, 0.717) is 30.5 Å². The number of carbonyl (C=O) groups is 1. The van der Waals surface area contributed by atoms with Gasteiger partial charge in [0.05, 0.1) is 12.2 Å². The second-order valence-electron chi connectivity index (χ2n) is 12.1. The van der Waals surface area contributed by atoms with Crippen molar-refractivity contribution in [2.45, 2.75) is 64.4 Å². The summed E-state index contributed by atoms with van der Waals surface area (Å²) in [7, 11) is 0. The summed E-state index contributed by atoms with van der Waals surface area (Å²) >= 11 is 0. The van der Waals surface area contributed by atoms with E-state index >= 15 is 0 Å². The topological polar surface area (TPSA) is 85.3 Å². The maximum Gasteiger partial charge on any atom is 0.251 e. The molecule has 9 heteroatoms. The van der Waals surface area contributed by atoms with E-state index in [0.717, 1.165) is 54.0 Å².